The number of hydrogen-bond acceptors (Lipinski definition) is 3. The van der Waals surface area contributed by atoms with Gasteiger partial charge in [0.25, 0.3) is 0 Å². The second-order valence-corrected chi connectivity index (χ2v) is 4.34. The molecule has 0 aliphatic carbocycles. The highest BCUT2D eigenvalue weighted by atomic mass is 16.2. The summed E-state index contributed by atoms with van der Waals surface area (Å²) in [5.41, 5.74) is 0.689. The van der Waals surface area contributed by atoms with Gasteiger partial charge in [0.2, 0.25) is 0 Å². The first-order valence-electron chi connectivity index (χ1n) is 6.23. The fourth-order valence-electron chi connectivity index (χ4n) is 1.75. The van der Waals surface area contributed by atoms with E-state index in [0.29, 0.717) is 12.2 Å². The number of carbonyl (C=O) groups excluding carboxylic acids is 1. The molecule has 0 bridgehead atoms. The van der Waals surface area contributed by atoms with E-state index in [1.54, 1.807) is 29.6 Å². The SMILES string of the molecule is CCn1cc(NC(=O)N[C@H](C)Cn2ccnc2)cn1. The number of amides is 2. The van der Waals surface area contributed by atoms with Gasteiger partial charge in [0.1, 0.15) is 0 Å². The molecule has 2 amide bonds. The molecule has 2 aromatic heterocycles. The van der Waals surface area contributed by atoms with Crippen molar-refractivity contribution in [2.45, 2.75) is 33.0 Å². The zero-order valence-corrected chi connectivity index (χ0v) is 11.1. The molecule has 0 aliphatic rings. The molecule has 102 valence electrons. The van der Waals surface area contributed by atoms with Crippen molar-refractivity contribution in [2.24, 2.45) is 0 Å². The summed E-state index contributed by atoms with van der Waals surface area (Å²) in [5.74, 6) is 0. The van der Waals surface area contributed by atoms with Gasteiger partial charge >= 0.3 is 6.03 Å². The molecule has 2 heterocycles. The minimum Gasteiger partial charge on any atom is -0.335 e. The molecular formula is C12H18N6O. The topological polar surface area (TPSA) is 76.8 Å². The van der Waals surface area contributed by atoms with Gasteiger partial charge in [0, 0.05) is 37.7 Å². The van der Waals surface area contributed by atoms with E-state index >= 15 is 0 Å². The van der Waals surface area contributed by atoms with E-state index in [2.05, 4.69) is 20.7 Å². The van der Waals surface area contributed by atoms with Crippen molar-refractivity contribution in [1.82, 2.24) is 24.6 Å². The summed E-state index contributed by atoms with van der Waals surface area (Å²) in [6, 6.07) is -0.223. The predicted octanol–water partition coefficient (Wildman–Crippen LogP) is 1.31. The first kappa shape index (κ1) is 13.1. The van der Waals surface area contributed by atoms with E-state index < -0.39 is 0 Å². The Bertz CT molecular complexity index is 518. The maximum absolute atomic E-state index is 11.8. The van der Waals surface area contributed by atoms with Crippen molar-refractivity contribution >= 4 is 11.7 Å². The van der Waals surface area contributed by atoms with E-state index in [1.165, 1.54) is 0 Å². The summed E-state index contributed by atoms with van der Waals surface area (Å²) in [6.07, 6.45) is 8.72. The Balaban J connectivity index is 1.80. The Morgan fingerprint density at radius 2 is 2.37 bits per heavy atom. The Morgan fingerprint density at radius 1 is 1.53 bits per heavy atom. The van der Waals surface area contributed by atoms with Gasteiger partial charge < -0.3 is 15.2 Å². The lowest BCUT2D eigenvalue weighted by Gasteiger charge is -2.14. The summed E-state index contributed by atoms with van der Waals surface area (Å²) in [4.78, 5) is 15.7. The third-order valence-electron chi connectivity index (χ3n) is 2.64. The Kier molecular flexibility index (Phi) is 4.17. The van der Waals surface area contributed by atoms with Crippen LogP contribution >= 0.6 is 0 Å². The third-order valence-corrected chi connectivity index (χ3v) is 2.64. The average molecular weight is 262 g/mol. The Hall–Kier alpha value is -2.31. The van der Waals surface area contributed by atoms with Gasteiger partial charge in [-0.1, -0.05) is 0 Å². The molecule has 7 heteroatoms. The predicted molar refractivity (Wildman–Crippen MR) is 71.7 cm³/mol. The summed E-state index contributed by atoms with van der Waals surface area (Å²) in [5, 5.41) is 9.70. The van der Waals surface area contributed by atoms with Crippen LogP contribution in [0.25, 0.3) is 0 Å². The van der Waals surface area contributed by atoms with Crippen LogP contribution in [0.4, 0.5) is 10.5 Å². The molecule has 1 atom stereocenters. The second kappa shape index (κ2) is 6.03. The van der Waals surface area contributed by atoms with Crippen molar-refractivity contribution < 1.29 is 4.79 Å². The van der Waals surface area contributed by atoms with Crippen LogP contribution in [0.3, 0.4) is 0 Å². The molecule has 0 aliphatic heterocycles. The number of imidazole rings is 1. The quantitative estimate of drug-likeness (QED) is 0.853. The first-order valence-corrected chi connectivity index (χ1v) is 6.23. The number of hydrogen-bond donors (Lipinski definition) is 2. The minimum atomic E-state index is -0.233. The van der Waals surface area contributed by atoms with Crippen LogP contribution in [0.5, 0.6) is 0 Å². The molecule has 2 N–H and O–H groups in total. The molecule has 0 spiro atoms. The number of rotatable bonds is 5. The monoisotopic (exact) mass is 262 g/mol. The summed E-state index contributed by atoms with van der Waals surface area (Å²) in [6.45, 7) is 5.39. The fourth-order valence-corrected chi connectivity index (χ4v) is 1.75. The number of nitrogens with one attached hydrogen (secondary N) is 2. The number of carbonyl (C=O) groups is 1. The Labute approximate surface area is 111 Å². The van der Waals surface area contributed by atoms with Crippen molar-refractivity contribution in [3.05, 3.63) is 31.1 Å². The molecule has 7 nitrogen and oxygen atoms in total. The second-order valence-electron chi connectivity index (χ2n) is 4.34. The van der Waals surface area contributed by atoms with Crippen LogP contribution in [0, 0.1) is 0 Å². The summed E-state index contributed by atoms with van der Waals surface area (Å²) < 4.78 is 3.67. The zero-order valence-electron chi connectivity index (χ0n) is 11.1. The van der Waals surface area contributed by atoms with Crippen molar-refractivity contribution in [3.8, 4) is 0 Å². The number of aromatic nitrogens is 4. The highest BCUT2D eigenvalue weighted by Crippen LogP contribution is 2.04. The van der Waals surface area contributed by atoms with Crippen LogP contribution < -0.4 is 10.6 Å². The summed E-state index contributed by atoms with van der Waals surface area (Å²) >= 11 is 0. The zero-order chi connectivity index (χ0) is 13.7. The van der Waals surface area contributed by atoms with E-state index in [9.17, 15) is 4.79 Å². The van der Waals surface area contributed by atoms with Crippen molar-refractivity contribution in [3.63, 3.8) is 0 Å². The van der Waals surface area contributed by atoms with E-state index in [-0.39, 0.29) is 12.1 Å². The van der Waals surface area contributed by atoms with Crippen molar-refractivity contribution in [2.75, 3.05) is 5.32 Å². The van der Waals surface area contributed by atoms with Gasteiger partial charge in [0.05, 0.1) is 18.2 Å². The standard InChI is InChI=1S/C12H18N6O/c1-3-18-8-11(6-14-18)16-12(19)15-10(2)7-17-5-4-13-9-17/h4-6,8-10H,3,7H2,1-2H3,(H2,15,16,19)/t10-/m1/s1. The minimum absolute atomic E-state index is 0.00965. The highest BCUT2D eigenvalue weighted by molar-refractivity contribution is 5.89. The van der Waals surface area contributed by atoms with Crippen LogP contribution in [-0.4, -0.2) is 31.4 Å². The first-order chi connectivity index (χ1) is 9.17. The van der Waals surface area contributed by atoms with Crippen LogP contribution in [0.1, 0.15) is 13.8 Å². The molecule has 2 aromatic rings. The van der Waals surface area contributed by atoms with E-state index in [0.717, 1.165) is 6.54 Å². The van der Waals surface area contributed by atoms with Gasteiger partial charge in [0.15, 0.2) is 0 Å². The lowest BCUT2D eigenvalue weighted by molar-refractivity contribution is 0.248. The molecule has 0 unspecified atom stereocenters. The molecular weight excluding hydrogens is 244 g/mol. The van der Waals surface area contributed by atoms with Gasteiger partial charge in [-0.05, 0) is 13.8 Å². The van der Waals surface area contributed by atoms with Gasteiger partial charge in [-0.2, -0.15) is 5.10 Å². The normalized spacial score (nSPS) is 12.1. The van der Waals surface area contributed by atoms with Gasteiger partial charge in [-0.15, -0.1) is 0 Å². The summed E-state index contributed by atoms with van der Waals surface area (Å²) in [7, 11) is 0. The lowest BCUT2D eigenvalue weighted by Crippen LogP contribution is -2.38. The maximum Gasteiger partial charge on any atom is 0.319 e. The molecule has 0 aromatic carbocycles. The number of nitrogens with zero attached hydrogens (tertiary/aromatic N) is 4. The number of urea groups is 1. The van der Waals surface area contributed by atoms with Gasteiger partial charge in [-0.25, -0.2) is 9.78 Å². The fraction of sp³-hybridized carbons (Fsp3) is 0.417. The molecule has 2 rings (SSSR count). The molecule has 0 saturated heterocycles. The van der Waals surface area contributed by atoms with Crippen LogP contribution in [0.2, 0.25) is 0 Å². The molecule has 0 fully saturated rings. The molecule has 0 radical (unpaired) electrons. The molecule has 0 saturated carbocycles. The van der Waals surface area contributed by atoms with Crippen molar-refractivity contribution in [1.29, 1.82) is 0 Å². The number of anilines is 1. The van der Waals surface area contributed by atoms with E-state index in [1.807, 2.05) is 24.6 Å². The van der Waals surface area contributed by atoms with E-state index in [4.69, 9.17) is 0 Å². The number of aryl methyl sites for hydroxylation is 1. The van der Waals surface area contributed by atoms with Crippen LogP contribution in [0.15, 0.2) is 31.1 Å². The maximum atomic E-state index is 11.8. The smallest absolute Gasteiger partial charge is 0.319 e. The lowest BCUT2D eigenvalue weighted by atomic mass is 10.3. The highest BCUT2D eigenvalue weighted by Gasteiger charge is 2.08. The Morgan fingerprint density at radius 3 is 3.00 bits per heavy atom. The average Bonchev–Trinajstić information content (AvgIpc) is 3.00. The largest absolute Gasteiger partial charge is 0.335 e. The van der Waals surface area contributed by atoms with Gasteiger partial charge in [-0.3, -0.25) is 4.68 Å². The molecule has 19 heavy (non-hydrogen) atoms. The third kappa shape index (κ3) is 3.84. The van der Waals surface area contributed by atoms with Crippen LogP contribution in [-0.2, 0) is 13.1 Å².